The largest absolute Gasteiger partial charge is 0.494 e. The number of benzene rings is 2. The van der Waals surface area contributed by atoms with E-state index in [0.29, 0.717) is 17.0 Å². The number of hydrogen-bond acceptors (Lipinski definition) is 3. The molecule has 0 radical (unpaired) electrons. The van der Waals surface area contributed by atoms with Crippen molar-refractivity contribution in [1.82, 2.24) is 4.98 Å². The van der Waals surface area contributed by atoms with Crippen LogP contribution in [0.4, 0.5) is 5.69 Å². The van der Waals surface area contributed by atoms with E-state index in [1.54, 1.807) is 13.3 Å². The minimum Gasteiger partial charge on any atom is -0.494 e. The standard InChI is InChI=1S/C21H22N2O2/c1-21(2,3)15-9-7-14(8-10-15)20(24)23-17-11-12-18(25-4)19-16(17)6-5-13-22-19/h5-13H,1-4H3,(H,23,24). The lowest BCUT2D eigenvalue weighted by Crippen LogP contribution is -2.14. The number of pyridine rings is 1. The van der Waals surface area contributed by atoms with Crippen LogP contribution in [0.25, 0.3) is 10.9 Å². The van der Waals surface area contributed by atoms with Crippen molar-refractivity contribution in [2.24, 2.45) is 0 Å². The molecule has 0 unspecified atom stereocenters. The van der Waals surface area contributed by atoms with Crippen LogP contribution in [0.1, 0.15) is 36.7 Å². The number of rotatable bonds is 3. The third kappa shape index (κ3) is 3.48. The molecule has 0 spiro atoms. The van der Waals surface area contributed by atoms with E-state index in [4.69, 9.17) is 4.74 Å². The summed E-state index contributed by atoms with van der Waals surface area (Å²) in [7, 11) is 1.61. The van der Waals surface area contributed by atoms with E-state index in [9.17, 15) is 4.79 Å². The van der Waals surface area contributed by atoms with Crippen molar-refractivity contribution in [3.05, 3.63) is 65.9 Å². The Balaban J connectivity index is 1.90. The molecule has 1 amide bonds. The number of amides is 1. The maximum absolute atomic E-state index is 12.6. The Hall–Kier alpha value is -2.88. The minimum atomic E-state index is -0.143. The molecule has 1 aromatic heterocycles. The maximum atomic E-state index is 12.6. The summed E-state index contributed by atoms with van der Waals surface area (Å²) in [6.07, 6.45) is 1.71. The van der Waals surface area contributed by atoms with Gasteiger partial charge in [-0.25, -0.2) is 0 Å². The summed E-state index contributed by atoms with van der Waals surface area (Å²) < 4.78 is 5.34. The van der Waals surface area contributed by atoms with Crippen LogP contribution in [0.15, 0.2) is 54.7 Å². The van der Waals surface area contributed by atoms with Crippen molar-refractivity contribution in [3.8, 4) is 5.75 Å². The molecule has 2 aromatic carbocycles. The average molecular weight is 334 g/mol. The zero-order chi connectivity index (χ0) is 18.0. The number of carbonyl (C=O) groups excluding carboxylic acids is 1. The molecule has 0 fully saturated rings. The van der Waals surface area contributed by atoms with Crippen LogP contribution in [0, 0.1) is 0 Å². The summed E-state index contributed by atoms with van der Waals surface area (Å²) >= 11 is 0. The van der Waals surface area contributed by atoms with Gasteiger partial charge in [-0.15, -0.1) is 0 Å². The average Bonchev–Trinajstić information content (AvgIpc) is 2.61. The summed E-state index contributed by atoms with van der Waals surface area (Å²) in [5, 5.41) is 3.82. The number of hydrogen-bond donors (Lipinski definition) is 1. The van der Waals surface area contributed by atoms with Gasteiger partial charge in [-0.2, -0.15) is 0 Å². The Bertz CT molecular complexity index is 909. The molecule has 0 bridgehead atoms. The van der Waals surface area contributed by atoms with E-state index in [2.05, 4.69) is 31.1 Å². The van der Waals surface area contributed by atoms with Gasteiger partial charge >= 0.3 is 0 Å². The molecule has 3 rings (SSSR count). The predicted octanol–water partition coefficient (Wildman–Crippen LogP) is 4.79. The molecule has 0 saturated carbocycles. The fourth-order valence-electron chi connectivity index (χ4n) is 2.74. The van der Waals surface area contributed by atoms with Gasteiger partial charge in [0.25, 0.3) is 5.91 Å². The Labute approximate surface area is 147 Å². The summed E-state index contributed by atoms with van der Waals surface area (Å²) in [5.41, 5.74) is 3.33. The van der Waals surface area contributed by atoms with Crippen molar-refractivity contribution in [2.75, 3.05) is 12.4 Å². The van der Waals surface area contributed by atoms with E-state index < -0.39 is 0 Å². The maximum Gasteiger partial charge on any atom is 0.255 e. The second kappa shape index (κ2) is 6.55. The molecule has 1 N–H and O–H groups in total. The summed E-state index contributed by atoms with van der Waals surface area (Å²) in [4.78, 5) is 17.0. The number of aromatic nitrogens is 1. The van der Waals surface area contributed by atoms with Crippen LogP contribution in [0.2, 0.25) is 0 Å². The van der Waals surface area contributed by atoms with Gasteiger partial charge < -0.3 is 10.1 Å². The van der Waals surface area contributed by atoms with Crippen molar-refractivity contribution < 1.29 is 9.53 Å². The van der Waals surface area contributed by atoms with Crippen LogP contribution in [-0.4, -0.2) is 18.0 Å². The van der Waals surface area contributed by atoms with Crippen molar-refractivity contribution >= 4 is 22.5 Å². The SMILES string of the molecule is COc1ccc(NC(=O)c2ccc(C(C)(C)C)cc2)c2cccnc12. The van der Waals surface area contributed by atoms with Crippen LogP contribution >= 0.6 is 0 Å². The van der Waals surface area contributed by atoms with Gasteiger partial charge in [-0.3, -0.25) is 9.78 Å². The number of nitrogens with one attached hydrogen (secondary N) is 1. The number of anilines is 1. The highest BCUT2D eigenvalue weighted by Gasteiger charge is 2.15. The molecule has 0 aliphatic rings. The quantitative estimate of drug-likeness (QED) is 0.749. The first-order valence-corrected chi connectivity index (χ1v) is 8.24. The number of nitrogens with zero attached hydrogens (tertiary/aromatic N) is 1. The van der Waals surface area contributed by atoms with Crippen molar-refractivity contribution in [3.63, 3.8) is 0 Å². The Morgan fingerprint density at radius 2 is 1.76 bits per heavy atom. The molecular weight excluding hydrogens is 312 g/mol. The van der Waals surface area contributed by atoms with Gasteiger partial charge in [0.1, 0.15) is 11.3 Å². The first-order chi connectivity index (χ1) is 11.9. The van der Waals surface area contributed by atoms with E-state index in [-0.39, 0.29) is 11.3 Å². The van der Waals surface area contributed by atoms with Crippen LogP contribution in [-0.2, 0) is 5.41 Å². The van der Waals surface area contributed by atoms with E-state index in [1.807, 2.05) is 48.5 Å². The third-order valence-corrected chi connectivity index (χ3v) is 4.21. The first-order valence-electron chi connectivity index (χ1n) is 8.24. The minimum absolute atomic E-state index is 0.0624. The monoisotopic (exact) mass is 334 g/mol. The lowest BCUT2D eigenvalue weighted by Gasteiger charge is -2.19. The molecule has 0 saturated heterocycles. The topological polar surface area (TPSA) is 51.2 Å². The molecule has 4 nitrogen and oxygen atoms in total. The molecular formula is C21H22N2O2. The molecule has 3 aromatic rings. The lowest BCUT2D eigenvalue weighted by atomic mass is 9.87. The highest BCUT2D eigenvalue weighted by atomic mass is 16.5. The number of methoxy groups -OCH3 is 1. The van der Waals surface area contributed by atoms with Gasteiger partial charge in [-0.1, -0.05) is 32.9 Å². The molecule has 0 aliphatic carbocycles. The van der Waals surface area contributed by atoms with E-state index in [1.165, 1.54) is 5.56 Å². The van der Waals surface area contributed by atoms with Crippen molar-refractivity contribution in [2.45, 2.75) is 26.2 Å². The van der Waals surface area contributed by atoms with E-state index in [0.717, 1.165) is 10.9 Å². The van der Waals surface area contributed by atoms with Gasteiger partial charge in [0.05, 0.1) is 12.8 Å². The highest BCUT2D eigenvalue weighted by molar-refractivity contribution is 6.09. The second-order valence-corrected chi connectivity index (χ2v) is 7.00. The zero-order valence-electron chi connectivity index (χ0n) is 15.0. The molecule has 25 heavy (non-hydrogen) atoms. The second-order valence-electron chi connectivity index (χ2n) is 7.00. The molecule has 1 heterocycles. The van der Waals surface area contributed by atoms with E-state index >= 15 is 0 Å². The highest BCUT2D eigenvalue weighted by Crippen LogP contribution is 2.30. The molecule has 4 heteroatoms. The van der Waals surface area contributed by atoms with Gasteiger partial charge in [0.15, 0.2) is 0 Å². The smallest absolute Gasteiger partial charge is 0.255 e. The number of carbonyl (C=O) groups is 1. The zero-order valence-corrected chi connectivity index (χ0v) is 15.0. The Morgan fingerprint density at radius 1 is 1.04 bits per heavy atom. The van der Waals surface area contributed by atoms with Gasteiger partial charge in [-0.05, 0) is 47.4 Å². The number of ether oxygens (including phenoxy) is 1. The Kier molecular flexibility index (Phi) is 4.45. The number of fused-ring (bicyclic) bond motifs is 1. The molecule has 0 atom stereocenters. The van der Waals surface area contributed by atoms with Crippen molar-refractivity contribution in [1.29, 1.82) is 0 Å². The van der Waals surface area contributed by atoms with Crippen LogP contribution in [0.3, 0.4) is 0 Å². The summed E-state index contributed by atoms with van der Waals surface area (Å²) in [5.74, 6) is 0.541. The summed E-state index contributed by atoms with van der Waals surface area (Å²) in [6.45, 7) is 6.45. The fourth-order valence-corrected chi connectivity index (χ4v) is 2.74. The van der Waals surface area contributed by atoms with Crippen LogP contribution in [0.5, 0.6) is 5.75 Å². The van der Waals surface area contributed by atoms with Gasteiger partial charge in [0.2, 0.25) is 0 Å². The Morgan fingerprint density at radius 3 is 2.40 bits per heavy atom. The van der Waals surface area contributed by atoms with Crippen LogP contribution < -0.4 is 10.1 Å². The third-order valence-electron chi connectivity index (χ3n) is 4.21. The predicted molar refractivity (Wildman–Crippen MR) is 101 cm³/mol. The van der Waals surface area contributed by atoms with Gasteiger partial charge in [0, 0.05) is 17.1 Å². The first kappa shape index (κ1) is 17.0. The fraction of sp³-hybridized carbons (Fsp3) is 0.238. The molecule has 128 valence electrons. The normalized spacial score (nSPS) is 11.4. The lowest BCUT2D eigenvalue weighted by molar-refractivity contribution is 0.102. The summed E-state index contributed by atoms with van der Waals surface area (Å²) in [6, 6.07) is 15.1. The molecule has 0 aliphatic heterocycles.